The number of rotatable bonds is 5. The molecule has 0 N–H and O–H groups in total. The zero-order chi connectivity index (χ0) is 18.6. The van der Waals surface area contributed by atoms with Gasteiger partial charge in [0.25, 0.3) is 0 Å². The van der Waals surface area contributed by atoms with E-state index in [1.807, 2.05) is 24.1 Å². The van der Waals surface area contributed by atoms with Gasteiger partial charge >= 0.3 is 0 Å². The van der Waals surface area contributed by atoms with Crippen molar-refractivity contribution in [3.05, 3.63) is 82.9 Å². The highest BCUT2D eigenvalue weighted by atomic mass is 16.5. The second-order valence-corrected chi connectivity index (χ2v) is 7.29. The normalized spacial score (nSPS) is 17.9. The summed E-state index contributed by atoms with van der Waals surface area (Å²) in [6, 6.07) is 15.0. The Kier molecular flexibility index (Phi) is 5.32. The van der Waals surface area contributed by atoms with Crippen molar-refractivity contribution >= 4 is 0 Å². The van der Waals surface area contributed by atoms with Crippen molar-refractivity contribution in [2.24, 2.45) is 7.05 Å². The van der Waals surface area contributed by atoms with Gasteiger partial charge in [-0.3, -0.25) is 14.6 Å². The van der Waals surface area contributed by atoms with Crippen molar-refractivity contribution in [2.75, 3.05) is 19.7 Å². The maximum Gasteiger partial charge on any atom is 0.112 e. The van der Waals surface area contributed by atoms with Gasteiger partial charge < -0.3 is 4.74 Å². The molecule has 1 fully saturated rings. The van der Waals surface area contributed by atoms with Gasteiger partial charge in [0, 0.05) is 39.1 Å². The van der Waals surface area contributed by atoms with Crippen LogP contribution in [0.5, 0.6) is 0 Å². The molecule has 0 saturated carbocycles. The van der Waals surface area contributed by atoms with Crippen LogP contribution in [-0.4, -0.2) is 39.4 Å². The molecule has 0 spiro atoms. The molecule has 1 aliphatic rings. The first-order chi connectivity index (χ1) is 13.2. The summed E-state index contributed by atoms with van der Waals surface area (Å²) in [5, 5.41) is 4.25. The maximum absolute atomic E-state index is 5.99. The SMILES string of the molecule is Cc1ccc(Cc2ccc(C3CN(Cc4ccnn4C)CCO3)nc2)cc1. The van der Waals surface area contributed by atoms with E-state index in [4.69, 9.17) is 9.72 Å². The van der Waals surface area contributed by atoms with E-state index in [1.165, 1.54) is 22.4 Å². The summed E-state index contributed by atoms with van der Waals surface area (Å²) in [7, 11) is 1.99. The number of hydrogen-bond acceptors (Lipinski definition) is 4. The van der Waals surface area contributed by atoms with Crippen molar-refractivity contribution in [2.45, 2.75) is 26.0 Å². The molecule has 1 unspecified atom stereocenters. The average Bonchev–Trinajstić information content (AvgIpc) is 3.09. The Morgan fingerprint density at radius 2 is 1.89 bits per heavy atom. The minimum absolute atomic E-state index is 0.0282. The zero-order valence-electron chi connectivity index (χ0n) is 16.0. The fourth-order valence-electron chi connectivity index (χ4n) is 3.48. The Labute approximate surface area is 160 Å². The van der Waals surface area contributed by atoms with Crippen molar-refractivity contribution in [1.82, 2.24) is 19.7 Å². The molecule has 0 amide bonds. The summed E-state index contributed by atoms with van der Waals surface area (Å²) in [6.45, 7) is 5.53. The second kappa shape index (κ2) is 8.03. The van der Waals surface area contributed by atoms with E-state index < -0.39 is 0 Å². The summed E-state index contributed by atoms with van der Waals surface area (Å²) < 4.78 is 7.92. The van der Waals surface area contributed by atoms with Crippen LogP contribution >= 0.6 is 0 Å². The minimum atomic E-state index is 0.0282. The molecular formula is C22H26N4O. The van der Waals surface area contributed by atoms with Crippen molar-refractivity contribution in [3.63, 3.8) is 0 Å². The van der Waals surface area contributed by atoms with Crippen LogP contribution in [-0.2, 0) is 24.8 Å². The first kappa shape index (κ1) is 17.9. The number of nitrogens with zero attached hydrogens (tertiary/aromatic N) is 4. The number of benzene rings is 1. The van der Waals surface area contributed by atoms with Crippen LogP contribution in [0.3, 0.4) is 0 Å². The molecule has 3 aromatic rings. The van der Waals surface area contributed by atoms with Crippen molar-refractivity contribution < 1.29 is 4.74 Å². The van der Waals surface area contributed by atoms with Gasteiger partial charge in [-0.25, -0.2) is 0 Å². The van der Waals surface area contributed by atoms with Crippen LogP contribution in [0.1, 0.15) is 34.2 Å². The minimum Gasteiger partial charge on any atom is -0.369 e. The monoisotopic (exact) mass is 362 g/mol. The Hall–Kier alpha value is -2.50. The van der Waals surface area contributed by atoms with Crippen LogP contribution in [0.25, 0.3) is 0 Å². The number of aromatic nitrogens is 3. The molecule has 2 aromatic heterocycles. The Morgan fingerprint density at radius 1 is 1.07 bits per heavy atom. The highest BCUT2D eigenvalue weighted by molar-refractivity contribution is 5.28. The third-order valence-corrected chi connectivity index (χ3v) is 5.16. The number of ether oxygens (including phenoxy) is 1. The summed E-state index contributed by atoms with van der Waals surface area (Å²) in [5.41, 5.74) is 6.06. The molecule has 1 saturated heterocycles. The number of morpholine rings is 1. The summed E-state index contributed by atoms with van der Waals surface area (Å²) in [5.74, 6) is 0. The van der Waals surface area contributed by atoms with Gasteiger partial charge in [-0.2, -0.15) is 5.10 Å². The molecule has 3 heterocycles. The molecule has 5 heteroatoms. The number of hydrogen-bond donors (Lipinski definition) is 0. The number of pyridine rings is 1. The predicted molar refractivity (Wildman–Crippen MR) is 105 cm³/mol. The first-order valence-corrected chi connectivity index (χ1v) is 9.48. The van der Waals surface area contributed by atoms with Gasteiger partial charge in [-0.15, -0.1) is 0 Å². The molecule has 4 rings (SSSR count). The van der Waals surface area contributed by atoms with Gasteiger partial charge in [0.2, 0.25) is 0 Å². The molecule has 140 valence electrons. The van der Waals surface area contributed by atoms with Crippen LogP contribution in [0, 0.1) is 6.92 Å². The van der Waals surface area contributed by atoms with Crippen LogP contribution in [0.4, 0.5) is 0 Å². The van der Waals surface area contributed by atoms with Gasteiger partial charge in [0.15, 0.2) is 0 Å². The molecule has 0 aliphatic carbocycles. The molecule has 1 atom stereocenters. The lowest BCUT2D eigenvalue weighted by molar-refractivity contribution is -0.0356. The van der Waals surface area contributed by atoms with E-state index in [0.29, 0.717) is 0 Å². The average molecular weight is 362 g/mol. The lowest BCUT2D eigenvalue weighted by Gasteiger charge is -2.32. The fraction of sp³-hybridized carbons (Fsp3) is 0.364. The molecule has 1 aliphatic heterocycles. The topological polar surface area (TPSA) is 43.2 Å². The Morgan fingerprint density at radius 3 is 2.59 bits per heavy atom. The first-order valence-electron chi connectivity index (χ1n) is 9.48. The Balaban J connectivity index is 1.39. The highest BCUT2D eigenvalue weighted by Crippen LogP contribution is 2.22. The summed E-state index contributed by atoms with van der Waals surface area (Å²) >= 11 is 0. The fourth-order valence-corrected chi connectivity index (χ4v) is 3.48. The lowest BCUT2D eigenvalue weighted by atomic mass is 10.0. The van der Waals surface area contributed by atoms with Gasteiger partial charge in [-0.1, -0.05) is 35.9 Å². The van der Waals surface area contributed by atoms with Gasteiger partial charge in [0.1, 0.15) is 6.10 Å². The van der Waals surface area contributed by atoms with E-state index in [9.17, 15) is 0 Å². The number of aryl methyl sites for hydroxylation is 2. The summed E-state index contributed by atoms with van der Waals surface area (Å²) in [6.07, 6.45) is 4.77. The highest BCUT2D eigenvalue weighted by Gasteiger charge is 2.23. The van der Waals surface area contributed by atoms with Gasteiger partial charge in [-0.05, 0) is 36.6 Å². The third-order valence-electron chi connectivity index (χ3n) is 5.16. The van der Waals surface area contributed by atoms with Gasteiger partial charge in [0.05, 0.1) is 18.0 Å². The smallest absolute Gasteiger partial charge is 0.112 e. The van der Waals surface area contributed by atoms with E-state index >= 15 is 0 Å². The molecule has 0 bridgehead atoms. The lowest BCUT2D eigenvalue weighted by Crippen LogP contribution is -2.38. The molecule has 5 nitrogen and oxygen atoms in total. The summed E-state index contributed by atoms with van der Waals surface area (Å²) in [4.78, 5) is 7.11. The molecule has 27 heavy (non-hydrogen) atoms. The Bertz CT molecular complexity index is 870. The van der Waals surface area contributed by atoms with Crippen molar-refractivity contribution in [3.8, 4) is 0 Å². The molecule has 0 radical (unpaired) electrons. The zero-order valence-corrected chi connectivity index (χ0v) is 16.0. The second-order valence-electron chi connectivity index (χ2n) is 7.29. The maximum atomic E-state index is 5.99. The standard InChI is InChI=1S/C22H26N4O/c1-17-3-5-18(6-4-17)13-19-7-8-21(23-14-19)22-16-26(11-12-27-22)15-20-9-10-24-25(20)2/h3-10,14,22H,11-13,15-16H2,1-2H3. The largest absolute Gasteiger partial charge is 0.369 e. The quantitative estimate of drug-likeness (QED) is 0.699. The van der Waals surface area contributed by atoms with E-state index in [2.05, 4.69) is 59.4 Å². The third kappa shape index (κ3) is 4.43. The van der Waals surface area contributed by atoms with Crippen LogP contribution in [0.15, 0.2) is 54.9 Å². The van der Waals surface area contributed by atoms with Crippen molar-refractivity contribution in [1.29, 1.82) is 0 Å². The van der Waals surface area contributed by atoms with E-state index in [-0.39, 0.29) is 6.10 Å². The van der Waals surface area contributed by atoms with E-state index in [1.54, 1.807) is 0 Å². The predicted octanol–water partition coefficient (Wildman–Crippen LogP) is 3.29. The van der Waals surface area contributed by atoms with Crippen LogP contribution < -0.4 is 0 Å². The molecule has 1 aromatic carbocycles. The molecular weight excluding hydrogens is 336 g/mol. The van der Waals surface area contributed by atoms with E-state index in [0.717, 1.165) is 38.4 Å². The van der Waals surface area contributed by atoms with Crippen LogP contribution in [0.2, 0.25) is 0 Å².